The summed E-state index contributed by atoms with van der Waals surface area (Å²) in [5.74, 6) is 2.04. The van der Waals surface area contributed by atoms with E-state index in [4.69, 9.17) is 9.47 Å². The van der Waals surface area contributed by atoms with Crippen molar-refractivity contribution in [2.24, 2.45) is 0 Å². The fourth-order valence-electron chi connectivity index (χ4n) is 3.17. The number of anilines is 5. The predicted molar refractivity (Wildman–Crippen MR) is 142 cm³/mol. The van der Waals surface area contributed by atoms with Crippen molar-refractivity contribution in [3.63, 3.8) is 0 Å². The molecule has 34 heavy (non-hydrogen) atoms. The molecular weight excluding hydrogens is 545 g/mol. The Morgan fingerprint density at radius 3 is 2.29 bits per heavy atom. The van der Waals surface area contributed by atoms with E-state index < -0.39 is 0 Å². The number of nitrogens with one attached hydrogen (secondary N) is 3. The number of amides is 1. The molecule has 0 atom stereocenters. The summed E-state index contributed by atoms with van der Waals surface area (Å²) in [7, 11) is 3.17. The van der Waals surface area contributed by atoms with Gasteiger partial charge < -0.3 is 25.4 Å². The molecular formula is C25H22IN5O3. The maximum Gasteiger partial charge on any atom is 0.255 e. The lowest BCUT2D eigenvalue weighted by molar-refractivity contribution is 0.102. The van der Waals surface area contributed by atoms with Crippen molar-refractivity contribution in [3.8, 4) is 11.5 Å². The second kappa shape index (κ2) is 10.8. The lowest BCUT2D eigenvalue weighted by Crippen LogP contribution is -2.13. The number of methoxy groups -OCH3 is 2. The fraction of sp³-hybridized carbons (Fsp3) is 0.0800. The van der Waals surface area contributed by atoms with Gasteiger partial charge in [-0.1, -0.05) is 30.3 Å². The van der Waals surface area contributed by atoms with Crippen LogP contribution in [0.2, 0.25) is 0 Å². The van der Waals surface area contributed by atoms with E-state index in [2.05, 4.69) is 48.5 Å². The summed E-state index contributed by atoms with van der Waals surface area (Å²) >= 11 is 2.16. The Morgan fingerprint density at radius 2 is 1.56 bits per heavy atom. The molecule has 0 radical (unpaired) electrons. The van der Waals surface area contributed by atoms with Crippen LogP contribution in [0, 0.1) is 3.57 Å². The van der Waals surface area contributed by atoms with Crippen LogP contribution in [-0.4, -0.2) is 30.1 Å². The number of hydrogen-bond acceptors (Lipinski definition) is 7. The predicted octanol–water partition coefficient (Wildman–Crippen LogP) is 5.84. The Labute approximate surface area is 210 Å². The summed E-state index contributed by atoms with van der Waals surface area (Å²) in [4.78, 5) is 21.6. The van der Waals surface area contributed by atoms with Gasteiger partial charge in [0.15, 0.2) is 11.5 Å². The van der Waals surface area contributed by atoms with Gasteiger partial charge in [-0.2, -0.15) is 4.98 Å². The second-order valence-corrected chi connectivity index (χ2v) is 8.24. The highest BCUT2D eigenvalue weighted by atomic mass is 127. The molecule has 0 bridgehead atoms. The molecule has 4 rings (SSSR count). The van der Waals surface area contributed by atoms with Crippen LogP contribution in [0.25, 0.3) is 0 Å². The minimum Gasteiger partial charge on any atom is -0.493 e. The molecule has 8 nitrogen and oxygen atoms in total. The van der Waals surface area contributed by atoms with Crippen LogP contribution >= 0.6 is 22.6 Å². The maximum atomic E-state index is 12.6. The number of rotatable bonds is 8. The zero-order chi connectivity index (χ0) is 23.9. The molecule has 1 aromatic heterocycles. The van der Waals surface area contributed by atoms with Crippen LogP contribution < -0.4 is 25.4 Å². The minimum atomic E-state index is -0.192. The molecule has 0 aliphatic rings. The maximum absolute atomic E-state index is 12.6. The number of carbonyl (C=O) groups excluding carboxylic acids is 1. The zero-order valence-electron chi connectivity index (χ0n) is 18.5. The van der Waals surface area contributed by atoms with E-state index in [9.17, 15) is 4.79 Å². The molecule has 1 heterocycles. The monoisotopic (exact) mass is 567 g/mol. The summed E-state index contributed by atoms with van der Waals surface area (Å²) in [5.41, 5.74) is 2.68. The zero-order valence-corrected chi connectivity index (χ0v) is 20.7. The molecule has 0 aliphatic heterocycles. The lowest BCUT2D eigenvalue weighted by atomic mass is 10.2. The van der Waals surface area contributed by atoms with Gasteiger partial charge in [-0.3, -0.25) is 4.79 Å². The number of halogens is 1. The van der Waals surface area contributed by atoms with Gasteiger partial charge in [-0.25, -0.2) is 4.98 Å². The van der Waals surface area contributed by atoms with Gasteiger partial charge in [0.2, 0.25) is 5.95 Å². The van der Waals surface area contributed by atoms with Gasteiger partial charge in [0.05, 0.1) is 29.2 Å². The molecule has 0 spiro atoms. The van der Waals surface area contributed by atoms with Gasteiger partial charge >= 0.3 is 0 Å². The van der Waals surface area contributed by atoms with Crippen LogP contribution in [0.15, 0.2) is 79.0 Å². The van der Waals surface area contributed by atoms with Crippen molar-refractivity contribution in [2.45, 2.75) is 0 Å². The van der Waals surface area contributed by atoms with Gasteiger partial charge in [-0.15, -0.1) is 0 Å². The van der Waals surface area contributed by atoms with Gasteiger partial charge in [0.1, 0.15) is 5.82 Å². The Hall–Kier alpha value is -3.86. The Bertz CT molecular complexity index is 1300. The number of hydrogen-bond donors (Lipinski definition) is 3. The van der Waals surface area contributed by atoms with E-state index in [1.807, 2.05) is 54.6 Å². The number of para-hydroxylation sites is 2. The van der Waals surface area contributed by atoms with Crippen molar-refractivity contribution < 1.29 is 14.3 Å². The summed E-state index contributed by atoms with van der Waals surface area (Å²) < 4.78 is 11.5. The molecule has 0 unspecified atom stereocenters. The molecule has 9 heteroatoms. The van der Waals surface area contributed by atoms with Crippen molar-refractivity contribution in [2.75, 3.05) is 30.2 Å². The molecule has 3 aromatic carbocycles. The van der Waals surface area contributed by atoms with Crippen LogP contribution in [0.5, 0.6) is 11.5 Å². The molecule has 1 amide bonds. The van der Waals surface area contributed by atoms with Crippen LogP contribution in [0.3, 0.4) is 0 Å². The van der Waals surface area contributed by atoms with Crippen LogP contribution in [0.4, 0.5) is 28.8 Å². The van der Waals surface area contributed by atoms with Gasteiger partial charge in [0, 0.05) is 23.5 Å². The van der Waals surface area contributed by atoms with E-state index in [0.717, 1.165) is 9.26 Å². The van der Waals surface area contributed by atoms with E-state index in [0.29, 0.717) is 40.2 Å². The number of aromatic nitrogens is 2. The first-order valence-corrected chi connectivity index (χ1v) is 11.4. The quantitative estimate of drug-likeness (QED) is 0.230. The molecule has 0 saturated carbocycles. The summed E-state index contributed by atoms with van der Waals surface area (Å²) in [6.45, 7) is 0. The molecule has 172 valence electrons. The Balaban J connectivity index is 1.55. The normalized spacial score (nSPS) is 10.3. The van der Waals surface area contributed by atoms with Crippen molar-refractivity contribution in [1.82, 2.24) is 9.97 Å². The smallest absolute Gasteiger partial charge is 0.255 e. The number of benzene rings is 3. The third-order valence-corrected chi connectivity index (χ3v) is 5.64. The summed E-state index contributed by atoms with van der Waals surface area (Å²) in [6, 6.07) is 22.0. The van der Waals surface area contributed by atoms with Crippen LogP contribution in [0.1, 0.15) is 10.4 Å². The van der Waals surface area contributed by atoms with E-state index in [-0.39, 0.29) is 5.91 Å². The SMILES string of the molecule is COc1ccc(Nc2ncc(I)c(Nc3ccccc3NC(=O)c3ccccc3)n2)cc1OC. The first-order valence-electron chi connectivity index (χ1n) is 10.3. The number of nitrogens with zero attached hydrogens (tertiary/aromatic N) is 2. The van der Waals surface area contributed by atoms with E-state index in [1.54, 1.807) is 38.6 Å². The Kier molecular flexibility index (Phi) is 7.43. The Morgan fingerprint density at radius 1 is 0.853 bits per heavy atom. The third kappa shape index (κ3) is 5.54. The molecule has 4 aromatic rings. The number of ether oxygens (including phenoxy) is 2. The van der Waals surface area contributed by atoms with Crippen molar-refractivity contribution in [1.29, 1.82) is 0 Å². The lowest BCUT2D eigenvalue weighted by Gasteiger charge is -2.15. The summed E-state index contributed by atoms with van der Waals surface area (Å²) in [6.07, 6.45) is 1.71. The standard InChI is InChI=1S/C25H22IN5O3/c1-33-21-13-12-17(14-22(21)34-2)28-25-27-15-18(26)23(31-25)29-19-10-6-7-11-20(19)30-24(32)16-8-4-3-5-9-16/h3-15H,1-2H3,(H,30,32)(H2,27,28,29,31). The third-order valence-electron chi connectivity index (χ3n) is 4.85. The van der Waals surface area contributed by atoms with Crippen molar-refractivity contribution in [3.05, 3.63) is 88.1 Å². The highest BCUT2D eigenvalue weighted by Crippen LogP contribution is 2.32. The van der Waals surface area contributed by atoms with Crippen molar-refractivity contribution >= 4 is 57.3 Å². The molecule has 0 saturated heterocycles. The highest BCUT2D eigenvalue weighted by Gasteiger charge is 2.12. The molecule has 3 N–H and O–H groups in total. The summed E-state index contributed by atoms with van der Waals surface area (Å²) in [5, 5.41) is 9.44. The van der Waals surface area contributed by atoms with E-state index >= 15 is 0 Å². The van der Waals surface area contributed by atoms with Crippen LogP contribution in [-0.2, 0) is 0 Å². The molecule has 0 aliphatic carbocycles. The molecule has 0 fully saturated rings. The average molecular weight is 567 g/mol. The largest absolute Gasteiger partial charge is 0.493 e. The first-order chi connectivity index (χ1) is 16.6. The van der Waals surface area contributed by atoms with Gasteiger partial charge in [-0.05, 0) is 59.0 Å². The average Bonchev–Trinajstić information content (AvgIpc) is 2.87. The van der Waals surface area contributed by atoms with Gasteiger partial charge in [0.25, 0.3) is 5.91 Å². The first kappa shape index (κ1) is 23.3. The topological polar surface area (TPSA) is 97.4 Å². The minimum absolute atomic E-state index is 0.192. The van der Waals surface area contributed by atoms with E-state index in [1.165, 1.54) is 0 Å². The number of carbonyl (C=O) groups is 1. The second-order valence-electron chi connectivity index (χ2n) is 7.08. The fourth-order valence-corrected chi connectivity index (χ4v) is 3.57. The highest BCUT2D eigenvalue weighted by molar-refractivity contribution is 14.1.